The summed E-state index contributed by atoms with van der Waals surface area (Å²) in [6.45, 7) is 3.99. The number of rotatable bonds is 3. The van der Waals surface area contributed by atoms with Gasteiger partial charge < -0.3 is 5.73 Å². The molecule has 0 saturated heterocycles. The molecule has 3 aromatic rings. The van der Waals surface area contributed by atoms with Crippen molar-refractivity contribution in [1.29, 1.82) is 0 Å². The summed E-state index contributed by atoms with van der Waals surface area (Å²) in [7, 11) is 0. The van der Waals surface area contributed by atoms with Crippen LogP contribution in [0.25, 0.3) is 10.9 Å². The molecule has 0 bridgehead atoms. The highest BCUT2D eigenvalue weighted by molar-refractivity contribution is 7.98. The van der Waals surface area contributed by atoms with Gasteiger partial charge >= 0.3 is 0 Å². The summed E-state index contributed by atoms with van der Waals surface area (Å²) in [5.41, 5.74) is 10.9. The molecule has 4 nitrogen and oxygen atoms in total. The number of nitrogens with zero attached hydrogens (tertiary/aromatic N) is 3. The highest BCUT2D eigenvalue weighted by atomic mass is 32.2. The number of hydrogen-bond acceptors (Lipinski definition) is 5. The number of anilines is 1. The van der Waals surface area contributed by atoms with Crippen molar-refractivity contribution in [1.82, 2.24) is 15.0 Å². The van der Waals surface area contributed by atoms with Crippen LogP contribution < -0.4 is 5.73 Å². The molecule has 0 unspecified atom stereocenters. The van der Waals surface area contributed by atoms with Crippen LogP contribution in [0.5, 0.6) is 0 Å². The fourth-order valence-corrected chi connectivity index (χ4v) is 3.18. The lowest BCUT2D eigenvalue weighted by atomic mass is 10.1. The van der Waals surface area contributed by atoms with Crippen LogP contribution in [0.4, 0.5) is 5.69 Å². The number of aromatic nitrogens is 3. The summed E-state index contributed by atoms with van der Waals surface area (Å²) in [5.74, 6) is 0.747. The molecule has 0 aliphatic carbocycles. The van der Waals surface area contributed by atoms with Gasteiger partial charge in [-0.15, -0.1) is 0 Å². The quantitative estimate of drug-likeness (QED) is 0.592. The van der Waals surface area contributed by atoms with E-state index in [9.17, 15) is 0 Å². The van der Waals surface area contributed by atoms with Gasteiger partial charge in [-0.05, 0) is 31.0 Å². The van der Waals surface area contributed by atoms with Crippen molar-refractivity contribution in [3.63, 3.8) is 0 Å². The first-order chi connectivity index (χ1) is 10.2. The van der Waals surface area contributed by atoms with E-state index < -0.39 is 0 Å². The second-order valence-electron chi connectivity index (χ2n) is 4.91. The second-order valence-corrected chi connectivity index (χ2v) is 5.88. The third kappa shape index (κ3) is 2.69. The number of benzene rings is 1. The summed E-state index contributed by atoms with van der Waals surface area (Å²) in [6.07, 6.45) is 3.44. The highest BCUT2D eigenvalue weighted by Gasteiger charge is 2.09. The molecule has 2 heterocycles. The van der Waals surface area contributed by atoms with E-state index in [4.69, 9.17) is 5.73 Å². The van der Waals surface area contributed by atoms with Crippen LogP contribution in [0, 0.1) is 13.8 Å². The smallest absolute Gasteiger partial charge is 0.117 e. The number of aryl methyl sites for hydroxylation is 1. The fraction of sp³-hybridized carbons (Fsp3) is 0.188. The maximum atomic E-state index is 6.07. The number of hydrogen-bond donors (Lipinski definition) is 1. The van der Waals surface area contributed by atoms with E-state index in [2.05, 4.69) is 15.0 Å². The Bertz CT molecular complexity index is 796. The fourth-order valence-electron chi connectivity index (χ4n) is 2.17. The maximum Gasteiger partial charge on any atom is 0.117 e. The number of fused-ring (bicyclic) bond motifs is 1. The molecule has 0 atom stereocenters. The van der Waals surface area contributed by atoms with Crippen LogP contribution >= 0.6 is 11.8 Å². The van der Waals surface area contributed by atoms with Gasteiger partial charge in [-0.3, -0.25) is 4.98 Å². The first-order valence-corrected chi connectivity index (χ1v) is 7.68. The zero-order valence-electron chi connectivity index (χ0n) is 12.0. The van der Waals surface area contributed by atoms with Gasteiger partial charge in [-0.2, -0.15) is 0 Å². The topological polar surface area (TPSA) is 64.7 Å². The predicted octanol–water partition coefficient (Wildman–Crippen LogP) is 3.52. The molecule has 0 radical (unpaired) electrons. The Morgan fingerprint density at radius 3 is 2.76 bits per heavy atom. The number of para-hydroxylation sites is 1. The largest absolute Gasteiger partial charge is 0.398 e. The molecule has 3 rings (SSSR count). The van der Waals surface area contributed by atoms with Crippen LogP contribution in [0.3, 0.4) is 0 Å². The van der Waals surface area contributed by atoms with Crippen LogP contribution in [0.1, 0.15) is 16.8 Å². The lowest BCUT2D eigenvalue weighted by molar-refractivity contribution is 1.08. The molecule has 0 aliphatic rings. The Labute approximate surface area is 127 Å². The lowest BCUT2D eigenvalue weighted by Crippen LogP contribution is -2.00. The number of nitrogens with two attached hydrogens (primary N) is 1. The summed E-state index contributed by atoms with van der Waals surface area (Å²) in [5, 5.41) is 2.05. The Hall–Kier alpha value is -2.14. The summed E-state index contributed by atoms with van der Waals surface area (Å²) < 4.78 is 0. The van der Waals surface area contributed by atoms with Crippen molar-refractivity contribution in [2.75, 3.05) is 5.73 Å². The summed E-state index contributed by atoms with van der Waals surface area (Å²) in [4.78, 5) is 13.2. The Kier molecular flexibility index (Phi) is 3.75. The van der Waals surface area contributed by atoms with Gasteiger partial charge in [0.25, 0.3) is 0 Å². The van der Waals surface area contributed by atoms with E-state index >= 15 is 0 Å². The van der Waals surface area contributed by atoms with Gasteiger partial charge in [0, 0.05) is 23.0 Å². The minimum atomic E-state index is 0.747. The molecule has 0 spiro atoms. The summed E-state index contributed by atoms with van der Waals surface area (Å²) >= 11 is 1.66. The number of nitrogen functional groups attached to an aromatic ring is 1. The summed E-state index contributed by atoms with van der Waals surface area (Å²) in [6, 6.07) is 8.02. The third-order valence-electron chi connectivity index (χ3n) is 3.53. The zero-order chi connectivity index (χ0) is 14.8. The Morgan fingerprint density at radius 1 is 1.10 bits per heavy atom. The minimum Gasteiger partial charge on any atom is -0.398 e. The van der Waals surface area contributed by atoms with E-state index in [1.165, 1.54) is 0 Å². The van der Waals surface area contributed by atoms with Crippen LogP contribution in [-0.4, -0.2) is 15.0 Å². The minimum absolute atomic E-state index is 0.747. The molecule has 106 valence electrons. The maximum absolute atomic E-state index is 6.07. The standard InChI is InChI=1S/C16H16N4S/c1-10-7-18-14(11(2)15(10)17)8-21-16-12-5-3-4-6-13(12)19-9-20-16/h3-7,9H,8H2,1-2H3,(H2,17,18). The monoisotopic (exact) mass is 296 g/mol. The lowest BCUT2D eigenvalue weighted by Gasteiger charge is -2.10. The molecule has 2 aromatic heterocycles. The van der Waals surface area contributed by atoms with Crippen molar-refractivity contribution >= 4 is 28.4 Å². The van der Waals surface area contributed by atoms with E-state index in [0.717, 1.165) is 44.2 Å². The van der Waals surface area contributed by atoms with Gasteiger partial charge in [0.05, 0.1) is 11.2 Å². The molecular weight excluding hydrogens is 280 g/mol. The molecule has 0 fully saturated rings. The van der Waals surface area contributed by atoms with Gasteiger partial charge in [-0.25, -0.2) is 9.97 Å². The Balaban J connectivity index is 1.89. The molecule has 0 aliphatic heterocycles. The van der Waals surface area contributed by atoms with Crippen LogP contribution in [0.15, 0.2) is 41.8 Å². The normalized spacial score (nSPS) is 11.0. The Morgan fingerprint density at radius 2 is 1.90 bits per heavy atom. The van der Waals surface area contributed by atoms with Gasteiger partial charge in [0.1, 0.15) is 11.4 Å². The first-order valence-electron chi connectivity index (χ1n) is 6.70. The van der Waals surface area contributed by atoms with Crippen molar-refractivity contribution in [2.24, 2.45) is 0 Å². The van der Waals surface area contributed by atoms with Crippen molar-refractivity contribution in [2.45, 2.75) is 24.6 Å². The molecule has 5 heteroatoms. The van der Waals surface area contributed by atoms with Crippen LogP contribution in [0.2, 0.25) is 0 Å². The number of thioether (sulfide) groups is 1. The van der Waals surface area contributed by atoms with Gasteiger partial charge in [0.15, 0.2) is 0 Å². The van der Waals surface area contributed by atoms with Gasteiger partial charge in [-0.1, -0.05) is 30.0 Å². The molecule has 1 aromatic carbocycles. The van der Waals surface area contributed by atoms with Gasteiger partial charge in [0.2, 0.25) is 0 Å². The molecule has 21 heavy (non-hydrogen) atoms. The molecule has 2 N–H and O–H groups in total. The van der Waals surface area contributed by atoms with Crippen molar-refractivity contribution in [3.05, 3.63) is 53.6 Å². The second kappa shape index (κ2) is 5.69. The average molecular weight is 296 g/mol. The van der Waals surface area contributed by atoms with Crippen molar-refractivity contribution < 1.29 is 0 Å². The van der Waals surface area contributed by atoms with Crippen molar-refractivity contribution in [3.8, 4) is 0 Å². The van der Waals surface area contributed by atoms with Crippen LogP contribution in [-0.2, 0) is 5.75 Å². The first kappa shape index (κ1) is 13.8. The molecule has 0 saturated carbocycles. The predicted molar refractivity (Wildman–Crippen MR) is 87.2 cm³/mol. The SMILES string of the molecule is Cc1cnc(CSc2ncnc3ccccc23)c(C)c1N. The van der Waals surface area contributed by atoms with E-state index in [1.807, 2.05) is 44.3 Å². The third-order valence-corrected chi connectivity index (χ3v) is 4.54. The van der Waals surface area contributed by atoms with E-state index in [0.29, 0.717) is 0 Å². The average Bonchev–Trinajstić information content (AvgIpc) is 2.52. The molecular formula is C16H16N4S. The number of pyridine rings is 1. The van der Waals surface area contributed by atoms with E-state index in [-0.39, 0.29) is 0 Å². The highest BCUT2D eigenvalue weighted by Crippen LogP contribution is 2.29. The van der Waals surface area contributed by atoms with E-state index in [1.54, 1.807) is 18.1 Å². The molecule has 0 amide bonds. The zero-order valence-corrected chi connectivity index (χ0v) is 12.8.